The van der Waals surface area contributed by atoms with Crippen molar-refractivity contribution in [3.05, 3.63) is 58.3 Å². The Morgan fingerprint density at radius 2 is 2.00 bits per heavy atom. The van der Waals surface area contributed by atoms with Gasteiger partial charge < -0.3 is 10.2 Å². The second-order valence-corrected chi connectivity index (χ2v) is 7.91. The first-order valence-corrected chi connectivity index (χ1v) is 11.2. The van der Waals surface area contributed by atoms with Crippen LogP contribution in [0.3, 0.4) is 0 Å². The normalized spacial score (nSPS) is 16.4. The number of rotatable bonds is 6. The Bertz CT molecular complexity index is 962. The smallest absolute Gasteiger partial charge is 0.345 e. The average Bonchev–Trinajstić information content (AvgIpc) is 3.12. The molecule has 0 atom stereocenters. The number of nitrogens with zero attached hydrogens (tertiary/aromatic N) is 5. The molecule has 0 radical (unpaired) electrons. The van der Waals surface area contributed by atoms with E-state index in [1.54, 1.807) is 4.68 Å². The maximum atomic E-state index is 12.4. The van der Waals surface area contributed by atoms with Gasteiger partial charge in [-0.1, -0.05) is 36.4 Å². The molecule has 2 aromatic rings. The molecule has 0 fully saturated rings. The fraction of sp³-hybridized carbons (Fsp3) is 0.522. The van der Waals surface area contributed by atoms with Gasteiger partial charge in [-0.05, 0) is 43.7 Å². The van der Waals surface area contributed by atoms with Crippen molar-refractivity contribution in [2.24, 2.45) is 4.99 Å². The molecule has 0 amide bonds. The molecule has 3 heterocycles. The number of benzene rings is 1. The van der Waals surface area contributed by atoms with Crippen LogP contribution in [0.25, 0.3) is 5.57 Å². The van der Waals surface area contributed by atoms with Crippen molar-refractivity contribution in [1.29, 1.82) is 0 Å². The number of fused-ring (bicyclic) bond motifs is 1. The number of aromatic nitrogens is 3. The number of hydrogen-bond acceptors (Lipinski definition) is 3. The van der Waals surface area contributed by atoms with Gasteiger partial charge in [0.25, 0.3) is 0 Å². The van der Waals surface area contributed by atoms with Crippen LogP contribution in [-0.4, -0.2) is 51.4 Å². The Balaban J connectivity index is 0.00000272. The minimum absolute atomic E-state index is 0. The lowest BCUT2D eigenvalue weighted by molar-refractivity contribution is 0.438. The fourth-order valence-electron chi connectivity index (χ4n) is 4.20. The third-order valence-electron chi connectivity index (χ3n) is 5.81. The van der Waals surface area contributed by atoms with E-state index in [-0.39, 0.29) is 29.7 Å². The molecule has 1 aromatic carbocycles. The molecule has 2 aliphatic rings. The molecule has 4 rings (SSSR count). The fourth-order valence-corrected chi connectivity index (χ4v) is 4.20. The highest BCUT2D eigenvalue weighted by Crippen LogP contribution is 2.22. The van der Waals surface area contributed by atoms with E-state index >= 15 is 0 Å². The number of aliphatic imine (C=N–C) groups is 1. The summed E-state index contributed by atoms with van der Waals surface area (Å²) in [6.07, 6.45) is 7.25. The minimum atomic E-state index is 0. The summed E-state index contributed by atoms with van der Waals surface area (Å²) >= 11 is 0. The summed E-state index contributed by atoms with van der Waals surface area (Å²) in [7, 11) is 0. The molecule has 8 heteroatoms. The summed E-state index contributed by atoms with van der Waals surface area (Å²) < 4.78 is 3.46. The van der Waals surface area contributed by atoms with Crippen molar-refractivity contribution in [3.63, 3.8) is 0 Å². The van der Waals surface area contributed by atoms with Gasteiger partial charge in [0.05, 0.1) is 0 Å². The van der Waals surface area contributed by atoms with Gasteiger partial charge in [-0.3, -0.25) is 9.56 Å². The molecule has 168 valence electrons. The SMILES string of the molecule is CCNC(=NCCCn1nc2n(c1=O)CCCC2)N1CC=C(c2ccccc2)CC1.I. The van der Waals surface area contributed by atoms with Crippen molar-refractivity contribution in [2.45, 2.75) is 52.1 Å². The van der Waals surface area contributed by atoms with E-state index in [9.17, 15) is 4.79 Å². The second kappa shape index (κ2) is 11.5. The Hall–Kier alpha value is -2.10. The predicted molar refractivity (Wildman–Crippen MR) is 136 cm³/mol. The summed E-state index contributed by atoms with van der Waals surface area (Å²) in [5.74, 6) is 1.90. The highest BCUT2D eigenvalue weighted by atomic mass is 127. The Kier molecular flexibility index (Phi) is 8.74. The number of aryl methyl sites for hydroxylation is 2. The van der Waals surface area contributed by atoms with Gasteiger partial charge in [0, 0.05) is 45.7 Å². The molecule has 0 spiro atoms. The van der Waals surface area contributed by atoms with Crippen LogP contribution in [-0.2, 0) is 19.5 Å². The van der Waals surface area contributed by atoms with Crippen LogP contribution in [0, 0.1) is 0 Å². The van der Waals surface area contributed by atoms with Gasteiger partial charge in [-0.2, -0.15) is 5.10 Å². The van der Waals surface area contributed by atoms with Crippen molar-refractivity contribution >= 4 is 35.5 Å². The van der Waals surface area contributed by atoms with Crippen LogP contribution in [0.15, 0.2) is 46.2 Å². The van der Waals surface area contributed by atoms with Crippen molar-refractivity contribution in [1.82, 2.24) is 24.6 Å². The first-order valence-electron chi connectivity index (χ1n) is 11.2. The lowest BCUT2D eigenvalue weighted by Crippen LogP contribution is -2.43. The Morgan fingerprint density at radius 1 is 1.16 bits per heavy atom. The largest absolute Gasteiger partial charge is 0.357 e. The van der Waals surface area contributed by atoms with E-state index in [0.29, 0.717) is 13.1 Å². The van der Waals surface area contributed by atoms with Crippen molar-refractivity contribution < 1.29 is 0 Å². The zero-order valence-corrected chi connectivity index (χ0v) is 20.6. The molecule has 0 saturated carbocycles. The van der Waals surface area contributed by atoms with Gasteiger partial charge in [-0.15, -0.1) is 24.0 Å². The molecule has 1 N–H and O–H groups in total. The lowest BCUT2D eigenvalue weighted by Gasteiger charge is -2.30. The van der Waals surface area contributed by atoms with Crippen LogP contribution in [0.2, 0.25) is 0 Å². The van der Waals surface area contributed by atoms with Gasteiger partial charge in [0.15, 0.2) is 5.96 Å². The standard InChI is InChI=1S/C23H32N6O.HI/c1-2-24-22(27-17-12-20(13-18-27)19-9-4-3-5-10-19)25-14-8-16-29-23(30)28-15-7-6-11-21(28)26-29;/h3-5,9-10,12H,2,6-8,11,13-18H2,1H3,(H,24,25);1H. The summed E-state index contributed by atoms with van der Waals surface area (Å²) in [4.78, 5) is 19.6. The van der Waals surface area contributed by atoms with E-state index < -0.39 is 0 Å². The molecule has 31 heavy (non-hydrogen) atoms. The molecular formula is C23H33IN6O. The molecular weight excluding hydrogens is 503 g/mol. The van der Waals surface area contributed by atoms with Gasteiger partial charge in [0.1, 0.15) is 5.82 Å². The molecule has 0 saturated heterocycles. The Labute approximate surface area is 201 Å². The highest BCUT2D eigenvalue weighted by molar-refractivity contribution is 14.0. The maximum absolute atomic E-state index is 12.4. The van der Waals surface area contributed by atoms with E-state index in [1.807, 2.05) is 4.57 Å². The second-order valence-electron chi connectivity index (χ2n) is 7.91. The van der Waals surface area contributed by atoms with Gasteiger partial charge in [0.2, 0.25) is 0 Å². The van der Waals surface area contributed by atoms with Crippen molar-refractivity contribution in [3.8, 4) is 0 Å². The van der Waals surface area contributed by atoms with E-state index in [0.717, 1.165) is 70.1 Å². The van der Waals surface area contributed by atoms with Gasteiger partial charge in [-0.25, -0.2) is 9.48 Å². The number of hydrogen-bond donors (Lipinski definition) is 1. The van der Waals surface area contributed by atoms with Crippen molar-refractivity contribution in [2.75, 3.05) is 26.2 Å². The van der Waals surface area contributed by atoms with Crippen LogP contribution in [0.5, 0.6) is 0 Å². The average molecular weight is 536 g/mol. The first kappa shape index (κ1) is 23.6. The third-order valence-corrected chi connectivity index (χ3v) is 5.81. The summed E-state index contributed by atoms with van der Waals surface area (Å²) in [6, 6.07) is 10.6. The molecule has 0 unspecified atom stereocenters. The highest BCUT2D eigenvalue weighted by Gasteiger charge is 2.17. The number of guanidine groups is 1. The van der Waals surface area contributed by atoms with Crippen LogP contribution in [0.4, 0.5) is 0 Å². The lowest BCUT2D eigenvalue weighted by atomic mass is 10.00. The minimum Gasteiger partial charge on any atom is -0.357 e. The van der Waals surface area contributed by atoms with E-state index in [4.69, 9.17) is 4.99 Å². The monoisotopic (exact) mass is 536 g/mol. The molecule has 0 aliphatic carbocycles. The van der Waals surface area contributed by atoms with Crippen LogP contribution < -0.4 is 11.0 Å². The molecule has 2 aliphatic heterocycles. The Morgan fingerprint density at radius 3 is 2.71 bits per heavy atom. The summed E-state index contributed by atoms with van der Waals surface area (Å²) in [5, 5.41) is 7.93. The molecule has 0 bridgehead atoms. The van der Waals surface area contributed by atoms with Gasteiger partial charge >= 0.3 is 5.69 Å². The summed E-state index contributed by atoms with van der Waals surface area (Å²) in [6.45, 7) is 6.88. The van der Waals surface area contributed by atoms with E-state index in [1.165, 1.54) is 11.1 Å². The maximum Gasteiger partial charge on any atom is 0.345 e. The topological polar surface area (TPSA) is 67.5 Å². The first-order chi connectivity index (χ1) is 14.8. The number of nitrogens with one attached hydrogen (secondary N) is 1. The molecule has 7 nitrogen and oxygen atoms in total. The van der Waals surface area contributed by atoms with Crippen LogP contribution in [0.1, 0.15) is 44.0 Å². The van der Waals surface area contributed by atoms with Crippen LogP contribution >= 0.6 is 24.0 Å². The predicted octanol–water partition coefficient (Wildman–Crippen LogP) is 3.14. The van der Waals surface area contributed by atoms with E-state index in [2.05, 4.69) is 58.6 Å². The molecule has 1 aromatic heterocycles. The quantitative estimate of drug-likeness (QED) is 0.267. The summed E-state index contributed by atoms with van der Waals surface area (Å²) in [5.41, 5.74) is 2.76. The number of halogens is 1. The zero-order valence-electron chi connectivity index (χ0n) is 18.3. The third kappa shape index (κ3) is 5.78. The zero-order chi connectivity index (χ0) is 20.8.